The first-order valence-electron chi connectivity index (χ1n) is 11.1. The molecule has 2 N–H and O–H groups in total. The summed E-state index contributed by atoms with van der Waals surface area (Å²) in [6.45, 7) is 7.77. The standard InChI is InChI=1S/C24H29BN2O5/c1-4-17-14-24(17,23(29)31-5-2)26-22(28)20-13-18(15-27(20)25(3)30)32-21-12-8-10-16-9-6-7-11-19(16)21/h4,6-12,17-18,20,30H,1,5,13-15H2,2-3H3,(H,26,28)/t17-,18+,20-,24-/m0/s1. The molecule has 1 aliphatic carbocycles. The van der Waals surface area contributed by atoms with Crippen LogP contribution in [-0.4, -0.2) is 59.6 Å². The zero-order valence-corrected chi connectivity index (χ0v) is 18.5. The predicted molar refractivity (Wildman–Crippen MR) is 123 cm³/mol. The van der Waals surface area contributed by atoms with Crippen molar-refractivity contribution in [3.63, 3.8) is 0 Å². The van der Waals surface area contributed by atoms with Crippen molar-refractivity contribution in [1.82, 2.24) is 10.1 Å². The molecule has 0 bridgehead atoms. The van der Waals surface area contributed by atoms with Crippen LogP contribution < -0.4 is 10.1 Å². The molecule has 2 aromatic rings. The highest BCUT2D eigenvalue weighted by molar-refractivity contribution is 6.46. The average Bonchev–Trinajstić information content (AvgIpc) is 3.33. The molecule has 1 saturated heterocycles. The van der Waals surface area contributed by atoms with E-state index in [4.69, 9.17) is 9.47 Å². The number of benzene rings is 2. The lowest BCUT2D eigenvalue weighted by atomic mass is 9.84. The second kappa shape index (κ2) is 8.96. The van der Waals surface area contributed by atoms with Crippen LogP contribution in [0.25, 0.3) is 10.8 Å². The van der Waals surface area contributed by atoms with Gasteiger partial charge in [-0.3, -0.25) is 4.79 Å². The van der Waals surface area contributed by atoms with Gasteiger partial charge in [-0.25, -0.2) is 4.79 Å². The average molecular weight is 436 g/mol. The third-order valence-electron chi connectivity index (χ3n) is 6.41. The number of hydrogen-bond donors (Lipinski definition) is 2. The van der Waals surface area contributed by atoms with Crippen LogP contribution >= 0.6 is 0 Å². The zero-order valence-electron chi connectivity index (χ0n) is 18.5. The molecule has 1 heterocycles. The van der Waals surface area contributed by atoms with E-state index in [1.807, 2.05) is 42.5 Å². The Hall–Kier alpha value is -2.84. The highest BCUT2D eigenvalue weighted by Gasteiger charge is 2.62. The normalized spacial score (nSPS) is 27.0. The Morgan fingerprint density at radius 2 is 2.06 bits per heavy atom. The number of fused-ring (bicyclic) bond motifs is 1. The number of amides is 1. The number of esters is 1. The SMILES string of the molecule is C=C[C@H]1C[C@@]1(NC(=O)[C@@H]1C[C@@H](Oc2cccc3ccccc23)CN1B(C)O)C(=O)OCC. The third kappa shape index (κ3) is 4.12. The molecule has 0 aromatic heterocycles. The molecule has 0 spiro atoms. The highest BCUT2D eigenvalue weighted by Crippen LogP contribution is 2.45. The van der Waals surface area contributed by atoms with Crippen LogP contribution in [0.2, 0.25) is 6.82 Å². The molecule has 4 atom stereocenters. The van der Waals surface area contributed by atoms with E-state index in [1.165, 1.54) is 0 Å². The summed E-state index contributed by atoms with van der Waals surface area (Å²) in [5.41, 5.74) is -1.06. The molecular formula is C24H29BN2O5. The minimum absolute atomic E-state index is 0.158. The smallest absolute Gasteiger partial charge is 0.377 e. The summed E-state index contributed by atoms with van der Waals surface area (Å²) in [4.78, 5) is 27.5. The predicted octanol–water partition coefficient (Wildman–Crippen LogP) is 2.40. The minimum Gasteiger partial charge on any atom is -0.488 e. The summed E-state index contributed by atoms with van der Waals surface area (Å²) in [5.74, 6) is -0.165. The molecule has 2 aliphatic rings. The van der Waals surface area contributed by atoms with Crippen molar-refractivity contribution in [2.45, 2.75) is 44.3 Å². The Morgan fingerprint density at radius 3 is 2.75 bits per heavy atom. The first kappa shape index (κ1) is 22.4. The summed E-state index contributed by atoms with van der Waals surface area (Å²) >= 11 is 0. The zero-order chi connectivity index (χ0) is 22.9. The van der Waals surface area contributed by atoms with Crippen molar-refractivity contribution in [2.24, 2.45) is 5.92 Å². The lowest BCUT2D eigenvalue weighted by Gasteiger charge is -2.26. The summed E-state index contributed by atoms with van der Waals surface area (Å²) in [6.07, 6.45) is 2.26. The number of nitrogens with one attached hydrogen (secondary N) is 1. The van der Waals surface area contributed by atoms with Crippen LogP contribution in [0, 0.1) is 5.92 Å². The molecule has 32 heavy (non-hydrogen) atoms. The van der Waals surface area contributed by atoms with Crippen LogP contribution in [0.5, 0.6) is 5.75 Å². The monoisotopic (exact) mass is 436 g/mol. The number of hydrogen-bond acceptors (Lipinski definition) is 6. The molecule has 0 radical (unpaired) electrons. The fourth-order valence-corrected chi connectivity index (χ4v) is 4.62. The van der Waals surface area contributed by atoms with Gasteiger partial charge in [-0.15, -0.1) is 6.58 Å². The van der Waals surface area contributed by atoms with Crippen molar-refractivity contribution in [3.05, 3.63) is 55.1 Å². The molecule has 2 fully saturated rings. The van der Waals surface area contributed by atoms with Gasteiger partial charge in [0.15, 0.2) is 0 Å². The van der Waals surface area contributed by atoms with Gasteiger partial charge in [-0.2, -0.15) is 0 Å². The minimum atomic E-state index is -1.06. The second-order valence-corrected chi connectivity index (χ2v) is 8.52. The quantitative estimate of drug-likeness (QED) is 0.376. The Morgan fingerprint density at radius 1 is 1.31 bits per heavy atom. The van der Waals surface area contributed by atoms with E-state index in [0.29, 0.717) is 19.4 Å². The van der Waals surface area contributed by atoms with Gasteiger partial charge in [-0.1, -0.05) is 42.5 Å². The summed E-state index contributed by atoms with van der Waals surface area (Å²) in [7, 11) is -0.834. The lowest BCUT2D eigenvalue weighted by Crippen LogP contribution is -2.54. The van der Waals surface area contributed by atoms with Gasteiger partial charge in [0.2, 0.25) is 5.91 Å². The molecule has 1 saturated carbocycles. The first-order chi connectivity index (χ1) is 15.4. The van der Waals surface area contributed by atoms with E-state index in [9.17, 15) is 14.6 Å². The molecule has 1 aliphatic heterocycles. The van der Waals surface area contributed by atoms with Crippen LogP contribution in [0.3, 0.4) is 0 Å². The molecule has 2 aromatic carbocycles. The van der Waals surface area contributed by atoms with Crippen molar-refractivity contribution >= 4 is 29.7 Å². The maximum Gasteiger partial charge on any atom is 0.377 e. The second-order valence-electron chi connectivity index (χ2n) is 8.52. The Bertz CT molecular complexity index is 1020. The maximum atomic E-state index is 13.2. The number of rotatable bonds is 8. The molecule has 8 heteroatoms. The fourth-order valence-electron chi connectivity index (χ4n) is 4.62. The van der Waals surface area contributed by atoms with Crippen molar-refractivity contribution < 1.29 is 24.1 Å². The maximum absolute atomic E-state index is 13.2. The molecule has 4 rings (SSSR count). The Balaban J connectivity index is 1.50. The first-order valence-corrected chi connectivity index (χ1v) is 11.1. The van der Waals surface area contributed by atoms with Crippen LogP contribution in [0.1, 0.15) is 19.8 Å². The number of nitrogens with zero attached hydrogens (tertiary/aromatic N) is 1. The van der Waals surface area contributed by atoms with Crippen LogP contribution in [0.4, 0.5) is 0 Å². The largest absolute Gasteiger partial charge is 0.488 e. The summed E-state index contributed by atoms with van der Waals surface area (Å²) in [6, 6.07) is 13.2. The summed E-state index contributed by atoms with van der Waals surface area (Å²) < 4.78 is 11.5. The van der Waals surface area contributed by atoms with Gasteiger partial charge in [-0.05, 0) is 31.6 Å². The van der Waals surface area contributed by atoms with E-state index in [1.54, 1.807) is 24.6 Å². The van der Waals surface area contributed by atoms with Crippen LogP contribution in [0.15, 0.2) is 55.1 Å². The fraction of sp³-hybridized carbons (Fsp3) is 0.417. The van der Waals surface area contributed by atoms with E-state index in [0.717, 1.165) is 16.5 Å². The van der Waals surface area contributed by atoms with Gasteiger partial charge in [0.1, 0.15) is 17.4 Å². The number of carbonyl (C=O) groups excluding carboxylic acids is 2. The van der Waals surface area contributed by atoms with Crippen molar-refractivity contribution in [2.75, 3.05) is 13.2 Å². The van der Waals surface area contributed by atoms with Gasteiger partial charge in [0.25, 0.3) is 0 Å². The van der Waals surface area contributed by atoms with Gasteiger partial charge in [0.05, 0.1) is 12.6 Å². The molecular weight excluding hydrogens is 407 g/mol. The molecule has 7 nitrogen and oxygen atoms in total. The number of carbonyl (C=O) groups is 2. The lowest BCUT2D eigenvalue weighted by molar-refractivity contribution is -0.149. The Kier molecular flexibility index (Phi) is 6.26. The van der Waals surface area contributed by atoms with E-state index in [-0.39, 0.29) is 24.5 Å². The van der Waals surface area contributed by atoms with E-state index in [2.05, 4.69) is 11.9 Å². The third-order valence-corrected chi connectivity index (χ3v) is 6.41. The molecule has 1 amide bonds. The molecule has 0 unspecified atom stereocenters. The van der Waals surface area contributed by atoms with Gasteiger partial charge >= 0.3 is 13.0 Å². The van der Waals surface area contributed by atoms with E-state index < -0.39 is 24.6 Å². The van der Waals surface area contributed by atoms with E-state index >= 15 is 0 Å². The number of ether oxygens (including phenoxy) is 2. The van der Waals surface area contributed by atoms with Gasteiger partial charge < -0.3 is 24.6 Å². The van der Waals surface area contributed by atoms with Crippen molar-refractivity contribution in [1.29, 1.82) is 0 Å². The van der Waals surface area contributed by atoms with Gasteiger partial charge in [0, 0.05) is 24.3 Å². The molecule has 168 valence electrons. The summed E-state index contributed by atoms with van der Waals surface area (Å²) in [5, 5.41) is 15.3. The Labute approximate surface area is 188 Å². The highest BCUT2D eigenvalue weighted by atomic mass is 16.5. The van der Waals surface area contributed by atoms with Crippen molar-refractivity contribution in [3.8, 4) is 5.75 Å². The van der Waals surface area contributed by atoms with Crippen LogP contribution in [-0.2, 0) is 14.3 Å². The topological polar surface area (TPSA) is 88.1 Å².